The van der Waals surface area contributed by atoms with Crippen LogP contribution in [0.2, 0.25) is 0 Å². The van der Waals surface area contributed by atoms with Crippen molar-refractivity contribution in [2.75, 3.05) is 19.6 Å². The van der Waals surface area contributed by atoms with Gasteiger partial charge < -0.3 is 15.5 Å². The number of likely N-dealkylation sites (tertiary alicyclic amines) is 1. The Balaban J connectivity index is 1.32. The number of aromatic nitrogens is 3. The maximum Gasteiger partial charge on any atom is 0.225 e. The first kappa shape index (κ1) is 20.4. The van der Waals surface area contributed by atoms with Gasteiger partial charge >= 0.3 is 0 Å². The van der Waals surface area contributed by atoms with Gasteiger partial charge in [-0.25, -0.2) is 14.7 Å². The summed E-state index contributed by atoms with van der Waals surface area (Å²) >= 11 is 0. The Morgan fingerprint density at radius 2 is 2.00 bits per heavy atom. The van der Waals surface area contributed by atoms with Gasteiger partial charge in [-0.15, -0.1) is 0 Å². The van der Waals surface area contributed by atoms with E-state index in [0.29, 0.717) is 12.5 Å². The lowest BCUT2D eigenvalue weighted by atomic mass is 10.1. The molecule has 0 bridgehead atoms. The highest BCUT2D eigenvalue weighted by Crippen LogP contribution is 2.27. The van der Waals surface area contributed by atoms with Crippen LogP contribution in [-0.2, 0) is 11.3 Å². The van der Waals surface area contributed by atoms with Gasteiger partial charge in [-0.1, -0.05) is 25.0 Å². The third-order valence-corrected chi connectivity index (χ3v) is 5.93. The number of rotatable bonds is 6. The fourth-order valence-corrected chi connectivity index (χ4v) is 4.29. The van der Waals surface area contributed by atoms with Crippen molar-refractivity contribution in [3.05, 3.63) is 42.5 Å². The number of amides is 1. The van der Waals surface area contributed by atoms with Gasteiger partial charge in [0.1, 0.15) is 12.7 Å². The molecule has 1 aliphatic carbocycles. The Bertz CT molecular complexity index is 841. The number of aliphatic imine (C=N–C) groups is 1. The third kappa shape index (κ3) is 4.98. The first-order valence-corrected chi connectivity index (χ1v) is 11.0. The highest BCUT2D eigenvalue weighted by Gasteiger charge is 2.32. The van der Waals surface area contributed by atoms with E-state index in [-0.39, 0.29) is 12.0 Å². The molecule has 2 fully saturated rings. The molecule has 1 aromatic carbocycles. The Labute approximate surface area is 177 Å². The molecule has 30 heavy (non-hydrogen) atoms. The number of guanidine groups is 1. The van der Waals surface area contributed by atoms with Crippen LogP contribution in [-0.4, -0.2) is 57.2 Å². The maximum absolute atomic E-state index is 12.7. The van der Waals surface area contributed by atoms with Gasteiger partial charge in [0.25, 0.3) is 0 Å². The van der Waals surface area contributed by atoms with Gasteiger partial charge in [0.15, 0.2) is 5.96 Å². The summed E-state index contributed by atoms with van der Waals surface area (Å²) in [5.41, 5.74) is 2.10. The lowest BCUT2D eigenvalue weighted by molar-refractivity contribution is -0.134. The van der Waals surface area contributed by atoms with Crippen molar-refractivity contribution < 1.29 is 4.79 Å². The standard InChI is InChI=1S/C22H31N7O/c1-2-24-22(25-13-17-7-9-20(10-8-17)29-16-23-15-26-29)27-19-11-12-28(14-19)21(30)18-5-3-4-6-18/h7-10,15-16,18-19H,2-6,11-14H2,1H3,(H2,24,25,27). The summed E-state index contributed by atoms with van der Waals surface area (Å²) in [6.07, 6.45) is 8.70. The molecule has 1 atom stereocenters. The predicted molar refractivity (Wildman–Crippen MR) is 116 cm³/mol. The van der Waals surface area contributed by atoms with Gasteiger partial charge in [0.05, 0.1) is 12.2 Å². The van der Waals surface area contributed by atoms with E-state index in [0.717, 1.165) is 56.1 Å². The number of hydrogen-bond donors (Lipinski definition) is 2. The molecule has 2 heterocycles. The van der Waals surface area contributed by atoms with E-state index >= 15 is 0 Å². The average Bonchev–Trinajstić information content (AvgIpc) is 3.55. The fraction of sp³-hybridized carbons (Fsp3) is 0.545. The minimum absolute atomic E-state index is 0.253. The van der Waals surface area contributed by atoms with Gasteiger partial charge in [0.2, 0.25) is 5.91 Å². The van der Waals surface area contributed by atoms with Crippen LogP contribution in [0.3, 0.4) is 0 Å². The molecule has 1 unspecified atom stereocenters. The zero-order valence-electron chi connectivity index (χ0n) is 17.6. The van der Waals surface area contributed by atoms with Crippen molar-refractivity contribution in [2.24, 2.45) is 10.9 Å². The molecule has 1 amide bonds. The second-order valence-electron chi connectivity index (χ2n) is 8.10. The summed E-state index contributed by atoms with van der Waals surface area (Å²) in [7, 11) is 0. The van der Waals surface area contributed by atoms with Crippen molar-refractivity contribution in [3.63, 3.8) is 0 Å². The lowest BCUT2D eigenvalue weighted by Gasteiger charge is -2.21. The van der Waals surface area contributed by atoms with Crippen LogP contribution in [0.15, 0.2) is 41.9 Å². The smallest absolute Gasteiger partial charge is 0.225 e. The molecule has 1 aliphatic heterocycles. The molecule has 0 radical (unpaired) electrons. The molecule has 2 aromatic rings. The Hall–Kier alpha value is -2.90. The van der Waals surface area contributed by atoms with Crippen LogP contribution in [0.25, 0.3) is 5.69 Å². The number of hydrogen-bond acceptors (Lipinski definition) is 4. The zero-order valence-corrected chi connectivity index (χ0v) is 17.6. The molecular weight excluding hydrogens is 378 g/mol. The van der Waals surface area contributed by atoms with E-state index in [2.05, 4.69) is 39.8 Å². The molecule has 160 valence electrons. The molecule has 1 saturated heterocycles. The van der Waals surface area contributed by atoms with E-state index in [4.69, 9.17) is 4.99 Å². The van der Waals surface area contributed by atoms with E-state index in [1.807, 2.05) is 17.0 Å². The molecule has 4 rings (SSSR count). The summed E-state index contributed by atoms with van der Waals surface area (Å²) < 4.78 is 1.73. The monoisotopic (exact) mass is 409 g/mol. The SMILES string of the molecule is CCNC(=NCc1ccc(-n2cncn2)cc1)NC1CCN(C(=O)C2CCCC2)C1. The van der Waals surface area contributed by atoms with Gasteiger partial charge in [-0.3, -0.25) is 4.79 Å². The van der Waals surface area contributed by atoms with E-state index in [9.17, 15) is 4.79 Å². The van der Waals surface area contributed by atoms with Gasteiger partial charge in [-0.2, -0.15) is 5.10 Å². The van der Waals surface area contributed by atoms with Crippen molar-refractivity contribution in [3.8, 4) is 5.69 Å². The minimum Gasteiger partial charge on any atom is -0.357 e. The van der Waals surface area contributed by atoms with Crippen molar-refractivity contribution >= 4 is 11.9 Å². The summed E-state index contributed by atoms with van der Waals surface area (Å²) in [6, 6.07) is 8.40. The summed E-state index contributed by atoms with van der Waals surface area (Å²) in [4.78, 5) is 23.4. The number of nitrogens with one attached hydrogen (secondary N) is 2. The molecule has 0 spiro atoms. The first-order chi connectivity index (χ1) is 14.7. The normalized spacial score (nSPS) is 20.0. The van der Waals surface area contributed by atoms with E-state index in [1.165, 1.54) is 19.2 Å². The first-order valence-electron chi connectivity index (χ1n) is 11.0. The third-order valence-electron chi connectivity index (χ3n) is 5.93. The second-order valence-corrected chi connectivity index (χ2v) is 8.10. The predicted octanol–water partition coefficient (Wildman–Crippen LogP) is 2.11. The fourth-order valence-electron chi connectivity index (χ4n) is 4.29. The number of carbonyl (C=O) groups is 1. The maximum atomic E-state index is 12.7. The van der Waals surface area contributed by atoms with Gasteiger partial charge in [0, 0.05) is 31.6 Å². The van der Waals surface area contributed by atoms with Crippen LogP contribution in [0.5, 0.6) is 0 Å². The average molecular weight is 410 g/mol. The summed E-state index contributed by atoms with van der Waals surface area (Å²) in [5, 5.41) is 11.0. The number of carbonyl (C=O) groups excluding carboxylic acids is 1. The molecule has 8 heteroatoms. The molecule has 8 nitrogen and oxygen atoms in total. The quantitative estimate of drug-likeness (QED) is 0.564. The summed E-state index contributed by atoms with van der Waals surface area (Å²) in [5.74, 6) is 1.41. The zero-order chi connectivity index (χ0) is 20.8. The van der Waals surface area contributed by atoms with Crippen molar-refractivity contribution in [1.82, 2.24) is 30.3 Å². The van der Waals surface area contributed by atoms with Crippen LogP contribution in [0.4, 0.5) is 0 Å². The van der Waals surface area contributed by atoms with E-state index < -0.39 is 0 Å². The van der Waals surface area contributed by atoms with Crippen LogP contribution in [0.1, 0.15) is 44.6 Å². The Morgan fingerprint density at radius 3 is 2.70 bits per heavy atom. The van der Waals surface area contributed by atoms with Crippen molar-refractivity contribution in [2.45, 2.75) is 51.6 Å². The topological polar surface area (TPSA) is 87.4 Å². The number of nitrogens with zero attached hydrogens (tertiary/aromatic N) is 5. The Morgan fingerprint density at radius 1 is 1.20 bits per heavy atom. The van der Waals surface area contributed by atoms with Crippen LogP contribution < -0.4 is 10.6 Å². The Kier molecular flexibility index (Phi) is 6.61. The molecule has 2 N–H and O–H groups in total. The highest BCUT2D eigenvalue weighted by molar-refractivity contribution is 5.81. The van der Waals surface area contributed by atoms with Crippen LogP contribution in [0, 0.1) is 5.92 Å². The minimum atomic E-state index is 0.253. The van der Waals surface area contributed by atoms with Gasteiger partial charge in [-0.05, 0) is 43.9 Å². The summed E-state index contributed by atoms with van der Waals surface area (Å²) in [6.45, 7) is 5.07. The molecule has 1 saturated carbocycles. The molecule has 1 aromatic heterocycles. The largest absolute Gasteiger partial charge is 0.357 e. The molecule has 2 aliphatic rings. The van der Waals surface area contributed by atoms with E-state index in [1.54, 1.807) is 11.0 Å². The van der Waals surface area contributed by atoms with Crippen LogP contribution >= 0.6 is 0 Å². The highest BCUT2D eigenvalue weighted by atomic mass is 16.2. The molecular formula is C22H31N7O. The second kappa shape index (κ2) is 9.73. The lowest BCUT2D eigenvalue weighted by Crippen LogP contribution is -2.45. The van der Waals surface area contributed by atoms with Crippen molar-refractivity contribution in [1.29, 1.82) is 0 Å². The number of benzene rings is 1.